The van der Waals surface area contributed by atoms with E-state index in [-0.39, 0.29) is 30.7 Å². The van der Waals surface area contributed by atoms with Crippen LogP contribution in [0.5, 0.6) is 11.6 Å². The Morgan fingerprint density at radius 3 is 2.35 bits per heavy atom. The standard InChI is InChI=1S/C16H17N3O2.2ClH/c1-11-2-5-13(6-3-11)21-14-7-4-12(10-18-14)19-15(20)16(17)8-9-16;;/h2-7,10H,8-9,17H2,1H3,(H,19,20);2*1H. The highest BCUT2D eigenvalue weighted by Gasteiger charge is 2.45. The van der Waals surface area contributed by atoms with E-state index in [0.29, 0.717) is 11.6 Å². The number of anilines is 1. The number of aryl methyl sites for hydroxylation is 1. The minimum Gasteiger partial charge on any atom is -0.439 e. The molecule has 3 rings (SSSR count). The first-order chi connectivity index (χ1) is 10.0. The molecule has 1 aliphatic carbocycles. The summed E-state index contributed by atoms with van der Waals surface area (Å²) in [7, 11) is 0. The number of pyridine rings is 1. The molecule has 1 amide bonds. The first kappa shape index (κ1) is 19.2. The molecule has 3 N–H and O–H groups in total. The second kappa shape index (κ2) is 7.64. The van der Waals surface area contributed by atoms with Crippen molar-refractivity contribution in [1.82, 2.24) is 4.98 Å². The molecule has 7 heteroatoms. The predicted octanol–water partition coefficient (Wildman–Crippen LogP) is 3.46. The Balaban J connectivity index is 0.00000132. The monoisotopic (exact) mass is 355 g/mol. The number of halogens is 2. The van der Waals surface area contributed by atoms with Crippen LogP contribution in [0.2, 0.25) is 0 Å². The molecule has 1 aromatic carbocycles. The number of nitrogens with one attached hydrogen (secondary N) is 1. The van der Waals surface area contributed by atoms with E-state index >= 15 is 0 Å². The van der Waals surface area contributed by atoms with E-state index in [1.807, 2.05) is 31.2 Å². The summed E-state index contributed by atoms with van der Waals surface area (Å²) < 4.78 is 5.62. The van der Waals surface area contributed by atoms with Gasteiger partial charge in [0, 0.05) is 6.07 Å². The highest BCUT2D eigenvalue weighted by molar-refractivity contribution is 5.99. The fourth-order valence-corrected chi connectivity index (χ4v) is 1.86. The van der Waals surface area contributed by atoms with Crippen molar-refractivity contribution >= 4 is 36.4 Å². The van der Waals surface area contributed by atoms with E-state index in [4.69, 9.17) is 10.5 Å². The molecule has 0 aliphatic heterocycles. The number of benzene rings is 1. The van der Waals surface area contributed by atoms with Gasteiger partial charge in [0.1, 0.15) is 5.75 Å². The summed E-state index contributed by atoms with van der Waals surface area (Å²) in [4.78, 5) is 16.0. The van der Waals surface area contributed by atoms with Gasteiger partial charge in [-0.25, -0.2) is 4.98 Å². The second-order valence-corrected chi connectivity index (χ2v) is 5.41. The Kier molecular flexibility index (Phi) is 6.38. The third-order valence-electron chi connectivity index (χ3n) is 3.48. The average molecular weight is 356 g/mol. The quantitative estimate of drug-likeness (QED) is 0.880. The number of amides is 1. The summed E-state index contributed by atoms with van der Waals surface area (Å²) in [6, 6.07) is 11.2. The van der Waals surface area contributed by atoms with Crippen molar-refractivity contribution in [2.45, 2.75) is 25.3 Å². The van der Waals surface area contributed by atoms with Gasteiger partial charge in [-0.3, -0.25) is 4.79 Å². The first-order valence-electron chi connectivity index (χ1n) is 6.86. The number of hydrogen-bond donors (Lipinski definition) is 2. The normalized spacial score (nSPS) is 14.0. The summed E-state index contributed by atoms with van der Waals surface area (Å²) in [5, 5.41) is 2.76. The van der Waals surface area contributed by atoms with Gasteiger partial charge in [0.2, 0.25) is 11.8 Å². The van der Waals surface area contributed by atoms with Crippen molar-refractivity contribution < 1.29 is 9.53 Å². The van der Waals surface area contributed by atoms with Gasteiger partial charge in [0.15, 0.2) is 0 Å². The van der Waals surface area contributed by atoms with Gasteiger partial charge >= 0.3 is 0 Å². The van der Waals surface area contributed by atoms with Crippen LogP contribution in [0, 0.1) is 6.92 Å². The van der Waals surface area contributed by atoms with Crippen LogP contribution in [0.15, 0.2) is 42.6 Å². The molecule has 0 unspecified atom stereocenters. The number of hydrogen-bond acceptors (Lipinski definition) is 4. The van der Waals surface area contributed by atoms with Gasteiger partial charge in [0.25, 0.3) is 0 Å². The number of aromatic nitrogens is 1. The van der Waals surface area contributed by atoms with Gasteiger partial charge in [-0.2, -0.15) is 0 Å². The van der Waals surface area contributed by atoms with Crippen molar-refractivity contribution in [3.8, 4) is 11.6 Å². The summed E-state index contributed by atoms with van der Waals surface area (Å²) in [5.74, 6) is 1.05. The lowest BCUT2D eigenvalue weighted by Gasteiger charge is -2.10. The Hall–Kier alpha value is -1.82. The zero-order valence-corrected chi connectivity index (χ0v) is 14.2. The number of ether oxygens (including phenoxy) is 1. The molecule has 5 nitrogen and oxygen atoms in total. The molecule has 0 radical (unpaired) electrons. The van der Waals surface area contributed by atoms with E-state index in [0.717, 1.165) is 18.6 Å². The maximum absolute atomic E-state index is 11.8. The fourth-order valence-electron chi connectivity index (χ4n) is 1.86. The van der Waals surface area contributed by atoms with E-state index < -0.39 is 5.54 Å². The van der Waals surface area contributed by atoms with Gasteiger partial charge in [-0.15, -0.1) is 24.8 Å². The largest absolute Gasteiger partial charge is 0.439 e. The maximum atomic E-state index is 11.8. The van der Waals surface area contributed by atoms with Crippen LogP contribution < -0.4 is 15.8 Å². The first-order valence-corrected chi connectivity index (χ1v) is 6.86. The molecule has 1 fully saturated rings. The summed E-state index contributed by atoms with van der Waals surface area (Å²) >= 11 is 0. The van der Waals surface area contributed by atoms with Crippen LogP contribution in [-0.2, 0) is 4.79 Å². The molecule has 1 saturated carbocycles. The van der Waals surface area contributed by atoms with Crippen molar-refractivity contribution in [2.24, 2.45) is 5.73 Å². The summed E-state index contributed by atoms with van der Waals surface area (Å²) in [6.07, 6.45) is 3.04. The molecule has 0 atom stereocenters. The third kappa shape index (κ3) is 4.82. The number of nitrogens with zero attached hydrogens (tertiary/aromatic N) is 1. The van der Waals surface area contributed by atoms with Gasteiger partial charge in [0.05, 0.1) is 17.4 Å². The molecule has 0 bridgehead atoms. The lowest BCUT2D eigenvalue weighted by Crippen LogP contribution is -2.37. The maximum Gasteiger partial charge on any atom is 0.244 e. The zero-order chi connectivity index (χ0) is 14.9. The van der Waals surface area contributed by atoms with E-state index in [1.54, 1.807) is 18.3 Å². The van der Waals surface area contributed by atoms with Crippen LogP contribution in [-0.4, -0.2) is 16.4 Å². The Morgan fingerprint density at radius 1 is 1.17 bits per heavy atom. The van der Waals surface area contributed by atoms with Crippen LogP contribution >= 0.6 is 24.8 Å². The molecule has 1 aromatic heterocycles. The lowest BCUT2D eigenvalue weighted by molar-refractivity contribution is -0.118. The highest BCUT2D eigenvalue weighted by atomic mass is 35.5. The van der Waals surface area contributed by atoms with E-state index in [2.05, 4.69) is 10.3 Å². The van der Waals surface area contributed by atoms with Crippen molar-refractivity contribution in [1.29, 1.82) is 0 Å². The van der Waals surface area contributed by atoms with Crippen molar-refractivity contribution in [2.75, 3.05) is 5.32 Å². The van der Waals surface area contributed by atoms with Crippen molar-refractivity contribution in [3.05, 3.63) is 48.2 Å². The van der Waals surface area contributed by atoms with E-state index in [9.17, 15) is 4.79 Å². The molecule has 0 spiro atoms. The number of carbonyl (C=O) groups is 1. The van der Waals surface area contributed by atoms with Crippen LogP contribution in [0.4, 0.5) is 5.69 Å². The van der Waals surface area contributed by atoms with Gasteiger partial charge in [-0.1, -0.05) is 17.7 Å². The van der Waals surface area contributed by atoms with Crippen molar-refractivity contribution in [3.63, 3.8) is 0 Å². The van der Waals surface area contributed by atoms with Gasteiger partial charge in [-0.05, 0) is 38.0 Å². The molecular weight excluding hydrogens is 337 g/mol. The third-order valence-corrected chi connectivity index (χ3v) is 3.48. The fraction of sp³-hybridized carbons (Fsp3) is 0.250. The molecule has 0 saturated heterocycles. The van der Waals surface area contributed by atoms with Gasteiger partial charge < -0.3 is 15.8 Å². The highest BCUT2D eigenvalue weighted by Crippen LogP contribution is 2.33. The minimum atomic E-state index is -0.683. The lowest BCUT2D eigenvalue weighted by atomic mass is 10.2. The minimum absolute atomic E-state index is 0. The zero-order valence-electron chi connectivity index (χ0n) is 12.6. The van der Waals surface area contributed by atoms with Crippen LogP contribution in [0.25, 0.3) is 0 Å². The predicted molar refractivity (Wildman–Crippen MR) is 94.8 cm³/mol. The number of carbonyl (C=O) groups excluding carboxylic acids is 1. The number of nitrogens with two attached hydrogens (primary N) is 1. The smallest absolute Gasteiger partial charge is 0.244 e. The van der Waals surface area contributed by atoms with Crippen LogP contribution in [0.1, 0.15) is 18.4 Å². The second-order valence-electron chi connectivity index (χ2n) is 5.41. The van der Waals surface area contributed by atoms with Crippen LogP contribution in [0.3, 0.4) is 0 Å². The average Bonchev–Trinajstić information content (AvgIpc) is 3.23. The summed E-state index contributed by atoms with van der Waals surface area (Å²) in [6.45, 7) is 2.02. The molecule has 23 heavy (non-hydrogen) atoms. The molecule has 2 aromatic rings. The molecule has 1 aliphatic rings. The number of rotatable bonds is 4. The molecule has 124 valence electrons. The topological polar surface area (TPSA) is 77.2 Å². The molecular formula is C16H19Cl2N3O2. The van der Waals surface area contributed by atoms with E-state index in [1.165, 1.54) is 5.56 Å². The Labute approximate surface area is 147 Å². The Morgan fingerprint density at radius 2 is 1.83 bits per heavy atom. The molecule has 1 heterocycles. The SMILES string of the molecule is Cc1ccc(Oc2ccc(NC(=O)C3(N)CC3)cn2)cc1.Cl.Cl. The summed E-state index contributed by atoms with van der Waals surface area (Å²) in [5.41, 5.74) is 6.93. The Bertz CT molecular complexity index is 656.